The Balaban J connectivity index is 2.23. The Labute approximate surface area is 91.8 Å². The summed E-state index contributed by atoms with van der Waals surface area (Å²) < 4.78 is 4.72. The van der Waals surface area contributed by atoms with E-state index in [0.717, 1.165) is 5.06 Å². The smallest absolute Gasteiger partial charge is 0.447 e. The monoisotopic (exact) mass is 225 g/mol. The van der Waals surface area contributed by atoms with Gasteiger partial charge >= 0.3 is 12.1 Å². The predicted molar refractivity (Wildman–Crippen MR) is 52.0 cm³/mol. The molecule has 86 valence electrons. The fourth-order valence-electron chi connectivity index (χ4n) is 1.36. The predicted octanol–water partition coefficient (Wildman–Crippen LogP) is 0.0920. The van der Waals surface area contributed by atoms with E-state index in [1.807, 2.05) is 0 Å². The van der Waals surface area contributed by atoms with Gasteiger partial charge in [0.2, 0.25) is 0 Å². The molecule has 1 N–H and O–H groups in total. The molecule has 2 aliphatic heterocycles. The zero-order valence-electron chi connectivity index (χ0n) is 8.89. The second kappa shape index (κ2) is 3.76. The number of carbonyl (C=O) groups is 2. The summed E-state index contributed by atoms with van der Waals surface area (Å²) in [6, 6.07) is 0. The number of hydroxylamine groups is 2. The van der Waals surface area contributed by atoms with Gasteiger partial charge in [0.25, 0.3) is 0 Å². The molecule has 0 aliphatic carbocycles. The largest absolute Gasteiger partial charge is 0.447 e. The van der Waals surface area contributed by atoms with Gasteiger partial charge in [-0.3, -0.25) is 5.01 Å². The van der Waals surface area contributed by atoms with Crippen LogP contribution in [-0.2, 0) is 14.4 Å². The van der Waals surface area contributed by atoms with Crippen molar-refractivity contribution in [2.45, 2.75) is 6.92 Å². The van der Waals surface area contributed by atoms with Gasteiger partial charge in [0, 0.05) is 13.2 Å². The van der Waals surface area contributed by atoms with Gasteiger partial charge in [-0.1, -0.05) is 0 Å². The topological polar surface area (TPSA) is 71.1 Å². The summed E-state index contributed by atoms with van der Waals surface area (Å²) in [6.45, 7) is 1.89. The first kappa shape index (κ1) is 10.3. The number of carbonyl (C=O) groups excluding carboxylic acids is 2. The lowest BCUT2D eigenvalue weighted by Gasteiger charge is -2.24. The lowest BCUT2D eigenvalue weighted by atomic mass is 10.2. The third-order valence-corrected chi connectivity index (χ3v) is 2.13. The Morgan fingerprint density at radius 2 is 2.38 bits per heavy atom. The summed E-state index contributed by atoms with van der Waals surface area (Å²) in [6.07, 6.45) is 2.18. The molecular weight excluding hydrogens is 214 g/mol. The highest BCUT2D eigenvalue weighted by molar-refractivity contribution is 5.95. The molecule has 0 saturated heterocycles. The Bertz CT molecular complexity index is 402. The van der Waals surface area contributed by atoms with Crippen molar-refractivity contribution in [2.75, 3.05) is 13.7 Å². The van der Waals surface area contributed by atoms with E-state index in [2.05, 4.69) is 5.43 Å². The number of ether oxygens (including phenoxy) is 1. The molecule has 2 aliphatic rings. The van der Waals surface area contributed by atoms with Crippen LogP contribution in [0.1, 0.15) is 6.92 Å². The van der Waals surface area contributed by atoms with E-state index in [0.29, 0.717) is 11.3 Å². The number of rotatable bonds is 1. The Morgan fingerprint density at radius 1 is 1.62 bits per heavy atom. The molecule has 0 aromatic carbocycles. The van der Waals surface area contributed by atoms with Crippen molar-refractivity contribution in [3.05, 3.63) is 23.7 Å². The molecule has 2 rings (SSSR count). The summed E-state index contributed by atoms with van der Waals surface area (Å²) in [5, 5.41) is 2.38. The molecule has 16 heavy (non-hydrogen) atoms. The molecule has 0 unspecified atom stereocenters. The van der Waals surface area contributed by atoms with Crippen molar-refractivity contribution >= 4 is 12.1 Å². The summed E-state index contributed by atoms with van der Waals surface area (Å²) in [5.74, 6) is -0.595. The highest BCUT2D eigenvalue weighted by atomic mass is 16.8. The minimum absolute atomic E-state index is 0.215. The van der Waals surface area contributed by atoms with Gasteiger partial charge in [0.15, 0.2) is 0 Å². The second-order valence-electron chi connectivity index (χ2n) is 3.16. The first-order chi connectivity index (χ1) is 7.63. The van der Waals surface area contributed by atoms with Gasteiger partial charge in [0.1, 0.15) is 5.57 Å². The maximum atomic E-state index is 11.5. The Hall–Kier alpha value is -2.18. The van der Waals surface area contributed by atoms with E-state index in [1.54, 1.807) is 19.0 Å². The first-order valence-corrected chi connectivity index (χ1v) is 4.74. The SMILES string of the molecule is CCOC(=O)N1C=C2C(=CNN2C)C(=O)O1. The summed E-state index contributed by atoms with van der Waals surface area (Å²) in [4.78, 5) is 27.6. The Kier molecular flexibility index (Phi) is 2.43. The van der Waals surface area contributed by atoms with Gasteiger partial charge in [-0.05, 0) is 6.92 Å². The minimum Gasteiger partial charge on any atom is -0.447 e. The van der Waals surface area contributed by atoms with Gasteiger partial charge in [0.05, 0.1) is 18.5 Å². The molecule has 0 spiro atoms. The van der Waals surface area contributed by atoms with Crippen molar-refractivity contribution in [3.63, 3.8) is 0 Å². The van der Waals surface area contributed by atoms with Gasteiger partial charge < -0.3 is 15.0 Å². The number of hydrogen-bond acceptors (Lipinski definition) is 6. The number of fused-ring (bicyclic) bond motifs is 1. The summed E-state index contributed by atoms with van der Waals surface area (Å²) in [7, 11) is 1.72. The molecule has 7 nitrogen and oxygen atoms in total. The van der Waals surface area contributed by atoms with Crippen LogP contribution in [0.2, 0.25) is 0 Å². The zero-order valence-corrected chi connectivity index (χ0v) is 8.89. The molecule has 0 saturated carbocycles. The highest BCUT2D eigenvalue weighted by Gasteiger charge is 2.34. The lowest BCUT2D eigenvalue weighted by molar-refractivity contribution is -0.169. The van der Waals surface area contributed by atoms with Crippen LogP contribution in [0.25, 0.3) is 0 Å². The molecule has 0 aromatic rings. The molecule has 0 bridgehead atoms. The molecule has 2 heterocycles. The quantitative estimate of drug-likeness (QED) is 0.682. The van der Waals surface area contributed by atoms with Crippen LogP contribution in [-0.4, -0.2) is 35.8 Å². The average Bonchev–Trinajstić information content (AvgIpc) is 2.61. The number of nitrogens with zero attached hydrogens (tertiary/aromatic N) is 2. The lowest BCUT2D eigenvalue weighted by Crippen LogP contribution is -2.36. The van der Waals surface area contributed by atoms with Crippen LogP contribution >= 0.6 is 0 Å². The van der Waals surface area contributed by atoms with E-state index >= 15 is 0 Å². The van der Waals surface area contributed by atoms with E-state index in [1.165, 1.54) is 12.4 Å². The van der Waals surface area contributed by atoms with Crippen molar-refractivity contribution in [3.8, 4) is 0 Å². The number of hydrazine groups is 1. The molecule has 0 aromatic heterocycles. The average molecular weight is 225 g/mol. The zero-order chi connectivity index (χ0) is 11.7. The molecule has 7 heteroatoms. The molecular formula is C9H11N3O4. The van der Waals surface area contributed by atoms with Crippen molar-refractivity contribution < 1.29 is 19.2 Å². The minimum atomic E-state index is -0.720. The third-order valence-electron chi connectivity index (χ3n) is 2.13. The maximum absolute atomic E-state index is 11.5. The highest BCUT2D eigenvalue weighted by Crippen LogP contribution is 2.24. The van der Waals surface area contributed by atoms with Crippen LogP contribution in [0.4, 0.5) is 4.79 Å². The van der Waals surface area contributed by atoms with Crippen molar-refractivity contribution in [1.29, 1.82) is 0 Å². The number of likely N-dealkylation sites (N-methyl/N-ethyl adjacent to an activating group) is 1. The van der Waals surface area contributed by atoms with Crippen LogP contribution < -0.4 is 5.43 Å². The van der Waals surface area contributed by atoms with Gasteiger partial charge in [-0.2, -0.15) is 0 Å². The fourth-order valence-corrected chi connectivity index (χ4v) is 1.36. The molecule has 1 amide bonds. The second-order valence-corrected chi connectivity index (χ2v) is 3.16. The normalized spacial score (nSPS) is 18.2. The van der Waals surface area contributed by atoms with E-state index in [9.17, 15) is 9.59 Å². The van der Waals surface area contributed by atoms with Crippen molar-refractivity contribution in [1.82, 2.24) is 15.5 Å². The fraction of sp³-hybridized carbons (Fsp3) is 0.333. The molecule has 0 atom stereocenters. The van der Waals surface area contributed by atoms with Crippen LogP contribution in [0.15, 0.2) is 23.7 Å². The van der Waals surface area contributed by atoms with E-state index < -0.39 is 12.1 Å². The van der Waals surface area contributed by atoms with Gasteiger partial charge in [-0.15, -0.1) is 5.06 Å². The van der Waals surface area contributed by atoms with Crippen LogP contribution in [0.3, 0.4) is 0 Å². The molecule has 0 fully saturated rings. The summed E-state index contributed by atoms with van der Waals surface area (Å²) >= 11 is 0. The number of nitrogens with one attached hydrogen (secondary N) is 1. The van der Waals surface area contributed by atoms with E-state index in [4.69, 9.17) is 9.57 Å². The molecule has 0 radical (unpaired) electrons. The van der Waals surface area contributed by atoms with Gasteiger partial charge in [-0.25, -0.2) is 9.59 Å². The van der Waals surface area contributed by atoms with E-state index in [-0.39, 0.29) is 6.61 Å². The Morgan fingerprint density at radius 3 is 3.06 bits per heavy atom. The van der Waals surface area contributed by atoms with Crippen LogP contribution in [0, 0.1) is 0 Å². The van der Waals surface area contributed by atoms with Crippen molar-refractivity contribution in [2.24, 2.45) is 0 Å². The third kappa shape index (κ3) is 1.56. The van der Waals surface area contributed by atoms with Crippen LogP contribution in [0.5, 0.6) is 0 Å². The number of hydrogen-bond donors (Lipinski definition) is 1. The maximum Gasteiger partial charge on any atom is 0.447 e. The summed E-state index contributed by atoms with van der Waals surface area (Å²) in [5.41, 5.74) is 3.74. The number of amides is 1. The first-order valence-electron chi connectivity index (χ1n) is 4.74. The standard InChI is InChI=1S/C9H11N3O4/c1-3-15-9(14)12-5-7-6(8(13)16-12)4-10-11(7)2/h4-5,10H,3H2,1-2H3.